The molecule has 0 aliphatic carbocycles. The lowest BCUT2D eigenvalue weighted by Crippen LogP contribution is -2.21. The Morgan fingerprint density at radius 3 is 2.73 bits per heavy atom. The summed E-state index contributed by atoms with van der Waals surface area (Å²) in [7, 11) is 3.48. The number of aryl methyl sites for hydroxylation is 1. The highest BCUT2D eigenvalue weighted by atomic mass is 19.1. The van der Waals surface area contributed by atoms with E-state index >= 15 is 0 Å². The zero-order valence-corrected chi connectivity index (χ0v) is 17.2. The van der Waals surface area contributed by atoms with Gasteiger partial charge in [0.2, 0.25) is 5.95 Å². The van der Waals surface area contributed by atoms with Crippen molar-refractivity contribution in [1.82, 2.24) is 29.0 Å². The second-order valence-electron chi connectivity index (χ2n) is 7.31. The molecule has 0 bridgehead atoms. The maximum atomic E-state index is 13.6. The first kappa shape index (κ1) is 19.8. The summed E-state index contributed by atoms with van der Waals surface area (Å²) in [5.41, 5.74) is 2.85. The number of hydrogen-bond acceptors (Lipinski definition) is 4. The third-order valence-electron chi connectivity index (χ3n) is 4.90. The Morgan fingerprint density at radius 2 is 2.00 bits per heavy atom. The number of fused-ring (bicyclic) bond motifs is 1. The Morgan fingerprint density at radius 1 is 1.17 bits per heavy atom. The summed E-state index contributed by atoms with van der Waals surface area (Å²) in [6, 6.07) is 10.2. The van der Waals surface area contributed by atoms with Crippen LogP contribution in [0, 0.1) is 5.95 Å². The van der Waals surface area contributed by atoms with Gasteiger partial charge in [-0.2, -0.15) is 4.39 Å². The van der Waals surface area contributed by atoms with Crippen LogP contribution in [0.4, 0.5) is 4.39 Å². The van der Waals surface area contributed by atoms with Gasteiger partial charge < -0.3 is 14.0 Å². The Hall–Kier alpha value is -3.55. The van der Waals surface area contributed by atoms with Gasteiger partial charge in [0.15, 0.2) is 5.82 Å². The molecule has 0 radical (unpaired) electrons. The van der Waals surface area contributed by atoms with Gasteiger partial charge in [-0.05, 0) is 36.8 Å². The van der Waals surface area contributed by atoms with Crippen LogP contribution in [0.15, 0.2) is 48.8 Å². The van der Waals surface area contributed by atoms with Gasteiger partial charge >= 0.3 is 0 Å². The van der Waals surface area contributed by atoms with Crippen LogP contribution >= 0.6 is 0 Å². The number of pyridine rings is 1. The van der Waals surface area contributed by atoms with Crippen molar-refractivity contribution in [3.63, 3.8) is 0 Å². The van der Waals surface area contributed by atoms with Gasteiger partial charge in [0, 0.05) is 38.6 Å². The van der Waals surface area contributed by atoms with Crippen molar-refractivity contribution in [3.05, 3.63) is 66.1 Å². The smallest absolute Gasteiger partial charge is 0.253 e. The molecule has 3 heterocycles. The molecule has 3 aromatic heterocycles. The number of carbonyl (C=O) groups is 1. The maximum absolute atomic E-state index is 13.6. The zero-order valence-electron chi connectivity index (χ0n) is 17.2. The molecule has 0 spiro atoms. The first-order chi connectivity index (χ1) is 14.5. The van der Waals surface area contributed by atoms with Crippen LogP contribution in [0.2, 0.25) is 0 Å². The lowest BCUT2D eigenvalue weighted by atomic mass is 10.2. The van der Waals surface area contributed by atoms with Crippen LogP contribution in [0.1, 0.15) is 29.5 Å². The van der Waals surface area contributed by atoms with Gasteiger partial charge in [0.25, 0.3) is 5.91 Å². The average molecular weight is 406 g/mol. The van der Waals surface area contributed by atoms with Crippen LogP contribution in [-0.2, 0) is 13.1 Å². The Bertz CT molecular complexity index is 1210. The van der Waals surface area contributed by atoms with Gasteiger partial charge in [-0.25, -0.2) is 15.0 Å². The monoisotopic (exact) mass is 406 g/mol. The van der Waals surface area contributed by atoms with E-state index in [4.69, 9.17) is 4.98 Å². The molecule has 4 aromatic rings. The minimum Gasteiger partial charge on any atom is -0.345 e. The summed E-state index contributed by atoms with van der Waals surface area (Å²) in [4.78, 5) is 27.1. The van der Waals surface area contributed by atoms with Gasteiger partial charge in [0.05, 0.1) is 17.6 Å². The molecular formula is C22H23FN6O. The highest BCUT2D eigenvalue weighted by Gasteiger charge is 2.16. The van der Waals surface area contributed by atoms with E-state index in [-0.39, 0.29) is 5.91 Å². The molecule has 0 aliphatic heterocycles. The van der Waals surface area contributed by atoms with Crippen molar-refractivity contribution in [2.24, 2.45) is 0 Å². The number of hydrogen-bond donors (Lipinski definition) is 0. The molecule has 7 nitrogen and oxygen atoms in total. The molecule has 0 N–H and O–H groups in total. The maximum Gasteiger partial charge on any atom is 0.253 e. The number of aromatic nitrogens is 5. The summed E-state index contributed by atoms with van der Waals surface area (Å²) in [6.07, 6.45) is 4.42. The third-order valence-corrected chi connectivity index (χ3v) is 4.90. The number of nitrogens with zero attached hydrogens (tertiary/aromatic N) is 6. The minimum absolute atomic E-state index is 0.0447. The molecule has 1 aromatic carbocycles. The van der Waals surface area contributed by atoms with Crippen molar-refractivity contribution in [2.45, 2.75) is 26.4 Å². The number of benzene rings is 1. The third kappa shape index (κ3) is 3.68. The Balaban J connectivity index is 1.76. The summed E-state index contributed by atoms with van der Waals surface area (Å²) in [5.74, 6) is 0.833. The van der Waals surface area contributed by atoms with Gasteiger partial charge in [-0.15, -0.1) is 0 Å². The van der Waals surface area contributed by atoms with E-state index in [1.54, 1.807) is 43.4 Å². The van der Waals surface area contributed by atoms with Crippen molar-refractivity contribution >= 4 is 16.9 Å². The molecule has 0 fully saturated rings. The van der Waals surface area contributed by atoms with Crippen LogP contribution in [0.25, 0.3) is 22.6 Å². The number of amides is 1. The molecule has 0 unspecified atom stereocenters. The topological polar surface area (TPSA) is 68.8 Å². The van der Waals surface area contributed by atoms with E-state index in [1.165, 1.54) is 6.07 Å². The highest BCUT2D eigenvalue weighted by Crippen LogP contribution is 2.22. The fourth-order valence-corrected chi connectivity index (χ4v) is 3.51. The number of halogens is 1. The van der Waals surface area contributed by atoms with E-state index in [0.29, 0.717) is 23.6 Å². The van der Waals surface area contributed by atoms with Crippen LogP contribution in [0.3, 0.4) is 0 Å². The van der Waals surface area contributed by atoms with E-state index in [9.17, 15) is 9.18 Å². The van der Waals surface area contributed by atoms with Crippen molar-refractivity contribution < 1.29 is 9.18 Å². The summed E-state index contributed by atoms with van der Waals surface area (Å²) >= 11 is 0. The quantitative estimate of drug-likeness (QED) is 0.459. The lowest BCUT2D eigenvalue weighted by molar-refractivity contribution is 0.0827. The fourth-order valence-electron chi connectivity index (χ4n) is 3.51. The summed E-state index contributed by atoms with van der Waals surface area (Å²) < 4.78 is 17.6. The summed E-state index contributed by atoms with van der Waals surface area (Å²) in [6.45, 7) is 3.33. The molecule has 0 saturated heterocycles. The first-order valence-corrected chi connectivity index (χ1v) is 9.82. The van der Waals surface area contributed by atoms with Crippen molar-refractivity contribution in [1.29, 1.82) is 0 Å². The average Bonchev–Trinajstić information content (AvgIpc) is 3.32. The predicted molar refractivity (Wildman–Crippen MR) is 113 cm³/mol. The molecular weight excluding hydrogens is 383 g/mol. The highest BCUT2D eigenvalue weighted by molar-refractivity contribution is 5.97. The second-order valence-corrected chi connectivity index (χ2v) is 7.31. The molecule has 0 aliphatic rings. The normalized spacial score (nSPS) is 11.2. The second kappa shape index (κ2) is 8.06. The SMILES string of the molecule is CCCn1c(Cn2ccnc2-c2cccc(F)n2)nc2ccc(C(=O)N(C)C)cc21. The van der Waals surface area contributed by atoms with Crippen LogP contribution in [0.5, 0.6) is 0 Å². The molecule has 30 heavy (non-hydrogen) atoms. The summed E-state index contributed by atoms with van der Waals surface area (Å²) in [5, 5.41) is 0. The largest absolute Gasteiger partial charge is 0.345 e. The number of carbonyl (C=O) groups excluding carboxylic acids is 1. The Kier molecular flexibility index (Phi) is 5.31. The number of imidazole rings is 2. The Labute approximate surface area is 173 Å². The van der Waals surface area contributed by atoms with E-state index in [2.05, 4.69) is 21.5 Å². The molecule has 1 amide bonds. The van der Waals surface area contributed by atoms with Crippen molar-refractivity contribution in [2.75, 3.05) is 14.1 Å². The van der Waals surface area contributed by atoms with Crippen LogP contribution < -0.4 is 0 Å². The molecule has 8 heteroatoms. The number of rotatable bonds is 6. The van der Waals surface area contributed by atoms with E-state index < -0.39 is 5.95 Å². The zero-order chi connectivity index (χ0) is 21.3. The molecule has 154 valence electrons. The lowest BCUT2D eigenvalue weighted by Gasteiger charge is -2.12. The fraction of sp³-hybridized carbons (Fsp3) is 0.273. The van der Waals surface area contributed by atoms with E-state index in [0.717, 1.165) is 29.8 Å². The van der Waals surface area contributed by atoms with Crippen molar-refractivity contribution in [3.8, 4) is 11.5 Å². The molecule has 4 rings (SSSR count). The molecule has 0 saturated carbocycles. The van der Waals surface area contributed by atoms with Gasteiger partial charge in [-0.3, -0.25) is 4.79 Å². The van der Waals surface area contributed by atoms with Gasteiger partial charge in [-0.1, -0.05) is 13.0 Å². The van der Waals surface area contributed by atoms with Gasteiger partial charge in [0.1, 0.15) is 11.5 Å². The minimum atomic E-state index is -0.543. The van der Waals surface area contributed by atoms with E-state index in [1.807, 2.05) is 22.9 Å². The standard InChI is InChI=1S/C22H23FN6O/c1-4-11-29-18-13-15(22(30)27(2)3)8-9-16(18)26-20(29)14-28-12-10-24-21(28)17-6-5-7-19(23)25-17/h5-10,12-13H,4,11,14H2,1-3H3. The predicted octanol–water partition coefficient (Wildman–Crippen LogP) is 3.59. The first-order valence-electron chi connectivity index (χ1n) is 9.82. The van der Waals surface area contributed by atoms with Crippen LogP contribution in [-0.4, -0.2) is 49.0 Å². The molecule has 0 atom stereocenters.